The minimum atomic E-state index is -0.370. The lowest BCUT2D eigenvalue weighted by atomic mass is 10.0. The van der Waals surface area contributed by atoms with Gasteiger partial charge in [-0.2, -0.15) is 0 Å². The average molecular weight is 378 g/mol. The summed E-state index contributed by atoms with van der Waals surface area (Å²) in [6, 6.07) is 15.8. The van der Waals surface area contributed by atoms with E-state index < -0.39 is 0 Å². The minimum Gasteiger partial charge on any atom is -0.423 e. The monoisotopic (exact) mass is 378 g/mol. The van der Waals surface area contributed by atoms with E-state index in [-0.39, 0.29) is 5.97 Å². The number of hydrogen-bond acceptors (Lipinski definition) is 5. The molecule has 138 valence electrons. The molecule has 3 rings (SSSR count). The zero-order valence-corrected chi connectivity index (χ0v) is 16.3. The SMILES string of the molecule is C/C=C/C(=O)Oc1ccc(-c2ccc(-c3nnc(CCCC)s3)cc2)cc1. The van der Waals surface area contributed by atoms with Crippen molar-refractivity contribution in [3.8, 4) is 27.4 Å². The van der Waals surface area contributed by atoms with Gasteiger partial charge in [0, 0.05) is 18.1 Å². The van der Waals surface area contributed by atoms with Gasteiger partial charge in [-0.1, -0.05) is 67.2 Å². The number of aromatic nitrogens is 2. The maximum absolute atomic E-state index is 11.5. The van der Waals surface area contributed by atoms with Crippen LogP contribution in [-0.2, 0) is 11.2 Å². The van der Waals surface area contributed by atoms with Crippen LogP contribution in [0.4, 0.5) is 0 Å². The molecular formula is C22H22N2O2S. The molecule has 0 atom stereocenters. The first kappa shape index (κ1) is 19.0. The third kappa shape index (κ3) is 5.11. The molecular weight excluding hydrogens is 356 g/mol. The van der Waals surface area contributed by atoms with Gasteiger partial charge in [0.15, 0.2) is 0 Å². The number of benzene rings is 2. The van der Waals surface area contributed by atoms with Crippen LogP contribution in [0.2, 0.25) is 0 Å². The highest BCUT2D eigenvalue weighted by Crippen LogP contribution is 2.28. The Balaban J connectivity index is 1.69. The molecule has 5 heteroatoms. The van der Waals surface area contributed by atoms with E-state index in [1.165, 1.54) is 6.08 Å². The fourth-order valence-corrected chi connectivity index (χ4v) is 3.49. The van der Waals surface area contributed by atoms with E-state index in [0.29, 0.717) is 5.75 Å². The molecule has 0 amide bonds. The van der Waals surface area contributed by atoms with E-state index in [2.05, 4.69) is 41.4 Å². The van der Waals surface area contributed by atoms with Crippen molar-refractivity contribution in [2.45, 2.75) is 33.1 Å². The third-order valence-electron chi connectivity index (χ3n) is 4.05. The molecule has 0 radical (unpaired) electrons. The van der Waals surface area contributed by atoms with Gasteiger partial charge in [-0.25, -0.2) is 4.79 Å². The van der Waals surface area contributed by atoms with Gasteiger partial charge in [-0.3, -0.25) is 0 Å². The number of carbonyl (C=O) groups is 1. The molecule has 1 aromatic heterocycles. The number of esters is 1. The predicted octanol–water partition coefficient (Wildman–Crippen LogP) is 5.70. The summed E-state index contributed by atoms with van der Waals surface area (Å²) in [5, 5.41) is 10.6. The van der Waals surface area contributed by atoms with Crippen LogP contribution < -0.4 is 4.74 Å². The third-order valence-corrected chi connectivity index (χ3v) is 5.08. The van der Waals surface area contributed by atoms with Gasteiger partial charge in [0.2, 0.25) is 0 Å². The van der Waals surface area contributed by atoms with E-state index in [0.717, 1.165) is 46.0 Å². The zero-order valence-electron chi connectivity index (χ0n) is 15.5. The van der Waals surface area contributed by atoms with Crippen molar-refractivity contribution in [3.63, 3.8) is 0 Å². The molecule has 0 aliphatic rings. The van der Waals surface area contributed by atoms with Crippen molar-refractivity contribution in [2.75, 3.05) is 0 Å². The first-order valence-corrected chi connectivity index (χ1v) is 9.89. The summed E-state index contributed by atoms with van der Waals surface area (Å²) in [7, 11) is 0. The molecule has 0 saturated carbocycles. The molecule has 0 aliphatic carbocycles. The fourth-order valence-electron chi connectivity index (χ4n) is 2.61. The van der Waals surface area contributed by atoms with Crippen molar-refractivity contribution in [3.05, 3.63) is 65.7 Å². The van der Waals surface area contributed by atoms with Crippen molar-refractivity contribution in [1.29, 1.82) is 0 Å². The summed E-state index contributed by atoms with van der Waals surface area (Å²) < 4.78 is 5.21. The highest BCUT2D eigenvalue weighted by atomic mass is 32.1. The summed E-state index contributed by atoms with van der Waals surface area (Å²) in [5.74, 6) is 0.164. The van der Waals surface area contributed by atoms with Crippen molar-refractivity contribution in [2.24, 2.45) is 0 Å². The second kappa shape index (κ2) is 9.24. The van der Waals surface area contributed by atoms with E-state index in [9.17, 15) is 4.79 Å². The van der Waals surface area contributed by atoms with E-state index in [1.807, 2.05) is 12.1 Å². The van der Waals surface area contributed by atoms with Crippen LogP contribution in [0, 0.1) is 0 Å². The van der Waals surface area contributed by atoms with Crippen molar-refractivity contribution in [1.82, 2.24) is 10.2 Å². The number of aryl methyl sites for hydroxylation is 1. The van der Waals surface area contributed by atoms with Crippen LogP contribution in [0.25, 0.3) is 21.7 Å². The van der Waals surface area contributed by atoms with Crippen LogP contribution in [0.15, 0.2) is 60.7 Å². The van der Waals surface area contributed by atoms with E-state index in [1.54, 1.807) is 36.5 Å². The Morgan fingerprint density at radius 2 is 1.63 bits per heavy atom. The number of hydrogen-bond donors (Lipinski definition) is 0. The minimum absolute atomic E-state index is 0.370. The lowest BCUT2D eigenvalue weighted by molar-refractivity contribution is -0.129. The summed E-state index contributed by atoms with van der Waals surface area (Å²) in [6.45, 7) is 3.96. The van der Waals surface area contributed by atoms with Gasteiger partial charge in [0.1, 0.15) is 15.8 Å². The molecule has 27 heavy (non-hydrogen) atoms. The highest BCUT2D eigenvalue weighted by Gasteiger charge is 2.07. The standard InChI is InChI=1S/C22H22N2O2S/c1-3-5-7-20-23-24-22(27-20)18-10-8-16(9-11-18)17-12-14-19(15-13-17)26-21(25)6-4-2/h4,6,8-15H,3,5,7H2,1-2H3/b6-4+. The van der Waals surface area contributed by atoms with Crippen LogP contribution >= 0.6 is 11.3 Å². The average Bonchev–Trinajstić information content (AvgIpc) is 3.16. The number of rotatable bonds is 7. The maximum Gasteiger partial charge on any atom is 0.335 e. The molecule has 0 spiro atoms. The van der Waals surface area contributed by atoms with Crippen LogP contribution in [0.5, 0.6) is 5.75 Å². The quantitative estimate of drug-likeness (QED) is 0.301. The molecule has 0 aliphatic heterocycles. The number of allylic oxidation sites excluding steroid dienone is 1. The molecule has 0 bridgehead atoms. The second-order valence-electron chi connectivity index (χ2n) is 6.13. The topological polar surface area (TPSA) is 52.1 Å². The first-order chi connectivity index (χ1) is 13.2. The number of carbonyl (C=O) groups excluding carboxylic acids is 1. The largest absolute Gasteiger partial charge is 0.423 e. The van der Waals surface area contributed by atoms with Crippen molar-refractivity contribution >= 4 is 17.3 Å². The van der Waals surface area contributed by atoms with Gasteiger partial charge in [-0.05, 0) is 36.6 Å². The number of ether oxygens (including phenoxy) is 1. The molecule has 3 aromatic rings. The molecule has 1 heterocycles. The Morgan fingerprint density at radius 1 is 1.00 bits per heavy atom. The van der Waals surface area contributed by atoms with Crippen LogP contribution in [-0.4, -0.2) is 16.2 Å². The van der Waals surface area contributed by atoms with Gasteiger partial charge in [-0.15, -0.1) is 10.2 Å². The second-order valence-corrected chi connectivity index (χ2v) is 7.19. The van der Waals surface area contributed by atoms with Crippen LogP contribution in [0.1, 0.15) is 31.7 Å². The van der Waals surface area contributed by atoms with Crippen molar-refractivity contribution < 1.29 is 9.53 Å². The van der Waals surface area contributed by atoms with E-state index in [4.69, 9.17) is 4.74 Å². The Labute approximate surface area is 163 Å². The molecule has 0 N–H and O–H groups in total. The summed E-state index contributed by atoms with van der Waals surface area (Å²) in [6.07, 6.45) is 6.36. The highest BCUT2D eigenvalue weighted by molar-refractivity contribution is 7.14. The Hall–Kier alpha value is -2.79. The predicted molar refractivity (Wildman–Crippen MR) is 110 cm³/mol. The maximum atomic E-state index is 11.5. The van der Waals surface area contributed by atoms with Crippen LogP contribution in [0.3, 0.4) is 0 Å². The Morgan fingerprint density at radius 3 is 2.26 bits per heavy atom. The first-order valence-electron chi connectivity index (χ1n) is 9.07. The van der Waals surface area contributed by atoms with Gasteiger partial charge in [0.05, 0.1) is 0 Å². The van der Waals surface area contributed by atoms with E-state index >= 15 is 0 Å². The molecule has 4 nitrogen and oxygen atoms in total. The number of nitrogens with zero attached hydrogens (tertiary/aromatic N) is 2. The summed E-state index contributed by atoms with van der Waals surface area (Å²) in [5.41, 5.74) is 3.24. The molecule has 0 fully saturated rings. The van der Waals surface area contributed by atoms with Gasteiger partial charge < -0.3 is 4.74 Å². The fraction of sp³-hybridized carbons (Fsp3) is 0.227. The normalized spacial score (nSPS) is 11.0. The smallest absolute Gasteiger partial charge is 0.335 e. The molecule has 2 aromatic carbocycles. The zero-order chi connectivity index (χ0) is 19.1. The molecule has 0 saturated heterocycles. The summed E-state index contributed by atoms with van der Waals surface area (Å²) in [4.78, 5) is 11.5. The van der Waals surface area contributed by atoms with Gasteiger partial charge >= 0.3 is 5.97 Å². The Kier molecular flexibility index (Phi) is 6.49. The summed E-state index contributed by atoms with van der Waals surface area (Å²) >= 11 is 1.66. The lowest BCUT2D eigenvalue weighted by Gasteiger charge is -2.05. The Bertz CT molecular complexity index is 912. The van der Waals surface area contributed by atoms with Gasteiger partial charge in [0.25, 0.3) is 0 Å². The number of unbranched alkanes of at least 4 members (excludes halogenated alkanes) is 1. The molecule has 0 unspecified atom stereocenters. The lowest BCUT2D eigenvalue weighted by Crippen LogP contribution is -2.03.